The molecule has 2 aromatic rings. The van der Waals surface area contributed by atoms with Gasteiger partial charge >= 0.3 is 0 Å². The highest BCUT2D eigenvalue weighted by Crippen LogP contribution is 2.20. The molecule has 0 saturated carbocycles. The van der Waals surface area contributed by atoms with Crippen LogP contribution in [0.15, 0.2) is 18.5 Å². The molecule has 0 spiro atoms. The van der Waals surface area contributed by atoms with Crippen molar-refractivity contribution in [3.05, 3.63) is 24.2 Å². The summed E-state index contributed by atoms with van der Waals surface area (Å²) >= 11 is 0. The number of hydrogen-bond acceptors (Lipinski definition) is 4. The highest BCUT2D eigenvalue weighted by molar-refractivity contribution is 5.58. The second kappa shape index (κ2) is 5.62. The van der Waals surface area contributed by atoms with Crippen molar-refractivity contribution in [2.75, 3.05) is 11.9 Å². The van der Waals surface area contributed by atoms with E-state index in [0.29, 0.717) is 0 Å². The Balaban J connectivity index is 2.31. The summed E-state index contributed by atoms with van der Waals surface area (Å²) in [5.74, 6) is 1.61. The van der Waals surface area contributed by atoms with Gasteiger partial charge in [0.15, 0.2) is 5.82 Å². The average molecular weight is 245 g/mol. The molecule has 0 saturated heterocycles. The maximum absolute atomic E-state index is 4.53. The average Bonchev–Trinajstić information content (AvgIpc) is 2.78. The first-order chi connectivity index (χ1) is 8.74. The van der Waals surface area contributed by atoms with Crippen molar-refractivity contribution < 1.29 is 0 Å². The molecule has 0 aliphatic rings. The van der Waals surface area contributed by atoms with Gasteiger partial charge in [-0.15, -0.1) is 0 Å². The van der Waals surface area contributed by atoms with Crippen molar-refractivity contribution in [1.82, 2.24) is 19.7 Å². The summed E-state index contributed by atoms with van der Waals surface area (Å²) in [6, 6.07) is 1.89. The first kappa shape index (κ1) is 12.5. The lowest BCUT2D eigenvalue weighted by Crippen LogP contribution is -2.03. The quantitative estimate of drug-likeness (QED) is 0.878. The molecular weight excluding hydrogens is 226 g/mol. The molecule has 0 atom stereocenters. The van der Waals surface area contributed by atoms with E-state index in [0.717, 1.165) is 42.3 Å². The van der Waals surface area contributed by atoms with Gasteiger partial charge in [0, 0.05) is 26.0 Å². The summed E-state index contributed by atoms with van der Waals surface area (Å²) in [7, 11) is 1.92. The molecule has 0 aliphatic carbocycles. The van der Waals surface area contributed by atoms with E-state index in [1.807, 2.05) is 24.0 Å². The van der Waals surface area contributed by atoms with E-state index in [1.54, 1.807) is 6.20 Å². The van der Waals surface area contributed by atoms with Gasteiger partial charge in [0.1, 0.15) is 5.82 Å². The summed E-state index contributed by atoms with van der Waals surface area (Å²) in [5, 5.41) is 7.68. The Morgan fingerprint density at radius 2 is 2.17 bits per heavy atom. The summed E-state index contributed by atoms with van der Waals surface area (Å²) < 4.78 is 1.81. The van der Waals surface area contributed by atoms with Gasteiger partial charge in [0.25, 0.3) is 0 Å². The van der Waals surface area contributed by atoms with Crippen molar-refractivity contribution in [3.8, 4) is 11.4 Å². The summed E-state index contributed by atoms with van der Waals surface area (Å²) in [6.45, 7) is 5.14. The molecular formula is C13H19N5. The normalized spacial score (nSPS) is 10.6. The standard InChI is InChI=1S/C13H19N5/c1-4-7-14-12-6-8-15-13(16-12)10-9-18(3)17-11(10)5-2/h6,8-9H,4-5,7H2,1-3H3,(H,14,15,16). The SMILES string of the molecule is CCCNc1ccnc(-c2cn(C)nc2CC)n1. The van der Waals surface area contributed by atoms with Crippen LogP contribution in [-0.4, -0.2) is 26.3 Å². The monoisotopic (exact) mass is 245 g/mol. The van der Waals surface area contributed by atoms with Crippen molar-refractivity contribution in [3.63, 3.8) is 0 Å². The molecule has 1 N–H and O–H groups in total. The minimum absolute atomic E-state index is 0.737. The largest absolute Gasteiger partial charge is 0.370 e. The lowest BCUT2D eigenvalue weighted by atomic mass is 10.2. The molecule has 18 heavy (non-hydrogen) atoms. The minimum Gasteiger partial charge on any atom is -0.370 e. The van der Waals surface area contributed by atoms with E-state index in [-0.39, 0.29) is 0 Å². The zero-order chi connectivity index (χ0) is 13.0. The van der Waals surface area contributed by atoms with Crippen LogP contribution in [0, 0.1) is 0 Å². The van der Waals surface area contributed by atoms with Crippen LogP contribution in [0.4, 0.5) is 5.82 Å². The Kier molecular flexibility index (Phi) is 3.92. The van der Waals surface area contributed by atoms with Crippen molar-refractivity contribution in [2.45, 2.75) is 26.7 Å². The highest BCUT2D eigenvalue weighted by atomic mass is 15.3. The first-order valence-corrected chi connectivity index (χ1v) is 6.34. The van der Waals surface area contributed by atoms with E-state index in [9.17, 15) is 0 Å². The van der Waals surface area contributed by atoms with Gasteiger partial charge in [-0.3, -0.25) is 4.68 Å². The fraction of sp³-hybridized carbons (Fsp3) is 0.462. The second-order valence-corrected chi connectivity index (χ2v) is 4.21. The van der Waals surface area contributed by atoms with Crippen LogP contribution in [0.5, 0.6) is 0 Å². The molecule has 2 rings (SSSR count). The number of anilines is 1. The Morgan fingerprint density at radius 3 is 2.89 bits per heavy atom. The van der Waals surface area contributed by atoms with Crippen LogP contribution in [0.3, 0.4) is 0 Å². The molecule has 0 amide bonds. The Morgan fingerprint density at radius 1 is 1.33 bits per heavy atom. The highest BCUT2D eigenvalue weighted by Gasteiger charge is 2.11. The van der Waals surface area contributed by atoms with Crippen LogP contribution in [0.2, 0.25) is 0 Å². The van der Waals surface area contributed by atoms with Crippen molar-refractivity contribution in [1.29, 1.82) is 0 Å². The fourth-order valence-electron chi connectivity index (χ4n) is 1.82. The number of hydrogen-bond donors (Lipinski definition) is 1. The lowest BCUT2D eigenvalue weighted by Gasteiger charge is -2.05. The molecule has 96 valence electrons. The molecule has 5 heteroatoms. The lowest BCUT2D eigenvalue weighted by molar-refractivity contribution is 0.746. The van der Waals surface area contributed by atoms with Crippen LogP contribution in [-0.2, 0) is 13.5 Å². The number of aryl methyl sites for hydroxylation is 2. The van der Waals surface area contributed by atoms with E-state index in [1.165, 1.54) is 0 Å². The van der Waals surface area contributed by atoms with Gasteiger partial charge < -0.3 is 5.32 Å². The van der Waals surface area contributed by atoms with E-state index >= 15 is 0 Å². The van der Waals surface area contributed by atoms with Crippen LogP contribution < -0.4 is 5.32 Å². The fourth-order valence-corrected chi connectivity index (χ4v) is 1.82. The molecule has 5 nitrogen and oxygen atoms in total. The van der Waals surface area contributed by atoms with E-state index < -0.39 is 0 Å². The molecule has 0 bridgehead atoms. The Hall–Kier alpha value is -1.91. The number of nitrogens with one attached hydrogen (secondary N) is 1. The van der Waals surface area contributed by atoms with E-state index in [4.69, 9.17) is 0 Å². The van der Waals surface area contributed by atoms with Gasteiger partial charge in [0.05, 0.1) is 11.3 Å². The van der Waals surface area contributed by atoms with Gasteiger partial charge in [0.2, 0.25) is 0 Å². The number of nitrogens with zero attached hydrogens (tertiary/aromatic N) is 4. The third-order valence-electron chi connectivity index (χ3n) is 2.69. The molecule has 0 unspecified atom stereocenters. The Labute approximate surface area is 107 Å². The first-order valence-electron chi connectivity index (χ1n) is 6.34. The van der Waals surface area contributed by atoms with E-state index in [2.05, 4.69) is 34.2 Å². The van der Waals surface area contributed by atoms with Crippen LogP contribution >= 0.6 is 0 Å². The maximum atomic E-state index is 4.53. The van der Waals surface area contributed by atoms with Crippen molar-refractivity contribution >= 4 is 5.82 Å². The minimum atomic E-state index is 0.737. The summed E-state index contributed by atoms with van der Waals surface area (Å²) in [5.41, 5.74) is 2.05. The number of aromatic nitrogens is 4. The molecule has 0 radical (unpaired) electrons. The van der Waals surface area contributed by atoms with Gasteiger partial charge in [-0.25, -0.2) is 9.97 Å². The topological polar surface area (TPSA) is 55.6 Å². The third-order valence-corrected chi connectivity index (χ3v) is 2.69. The zero-order valence-electron chi connectivity index (χ0n) is 11.1. The Bertz CT molecular complexity index is 518. The smallest absolute Gasteiger partial charge is 0.164 e. The second-order valence-electron chi connectivity index (χ2n) is 4.21. The molecule has 2 aromatic heterocycles. The summed E-state index contributed by atoms with van der Waals surface area (Å²) in [6.07, 6.45) is 5.71. The predicted molar refractivity (Wildman–Crippen MR) is 72.4 cm³/mol. The summed E-state index contributed by atoms with van der Waals surface area (Å²) in [4.78, 5) is 8.86. The van der Waals surface area contributed by atoms with Gasteiger partial charge in [-0.1, -0.05) is 13.8 Å². The zero-order valence-corrected chi connectivity index (χ0v) is 11.1. The molecule has 0 aromatic carbocycles. The molecule has 0 fully saturated rings. The van der Waals surface area contributed by atoms with Gasteiger partial charge in [-0.05, 0) is 18.9 Å². The van der Waals surface area contributed by atoms with Crippen LogP contribution in [0.1, 0.15) is 26.0 Å². The van der Waals surface area contributed by atoms with Crippen LogP contribution in [0.25, 0.3) is 11.4 Å². The van der Waals surface area contributed by atoms with Crippen molar-refractivity contribution in [2.24, 2.45) is 7.05 Å². The third kappa shape index (κ3) is 2.67. The van der Waals surface area contributed by atoms with Gasteiger partial charge in [-0.2, -0.15) is 5.10 Å². The molecule has 0 aliphatic heterocycles. The predicted octanol–water partition coefficient (Wildman–Crippen LogP) is 2.26. The molecule has 2 heterocycles. The maximum Gasteiger partial charge on any atom is 0.164 e. The number of rotatable bonds is 5.